The van der Waals surface area contributed by atoms with Crippen LogP contribution < -0.4 is 0 Å². The predicted octanol–water partition coefficient (Wildman–Crippen LogP) is 5.83. The van der Waals surface area contributed by atoms with Crippen LogP contribution in [-0.4, -0.2) is 0 Å². The van der Waals surface area contributed by atoms with Crippen molar-refractivity contribution < 1.29 is 0 Å². The number of allylic oxidation sites excluding steroid dienone is 1. The van der Waals surface area contributed by atoms with Crippen molar-refractivity contribution in [1.29, 1.82) is 0 Å². The second-order valence-electron chi connectivity index (χ2n) is 6.14. The van der Waals surface area contributed by atoms with Crippen LogP contribution in [0.3, 0.4) is 0 Å². The molecule has 1 atom stereocenters. The molecule has 0 fully saturated rings. The van der Waals surface area contributed by atoms with E-state index in [9.17, 15) is 0 Å². The lowest BCUT2D eigenvalue weighted by molar-refractivity contribution is 0.425. The Bertz CT molecular complexity index is 176. The van der Waals surface area contributed by atoms with Crippen molar-refractivity contribution in [3.05, 3.63) is 12.2 Å². The third-order valence-electron chi connectivity index (χ3n) is 3.49. The van der Waals surface area contributed by atoms with Gasteiger partial charge in [-0.3, -0.25) is 0 Å². The van der Waals surface area contributed by atoms with Gasteiger partial charge < -0.3 is 0 Å². The quantitative estimate of drug-likeness (QED) is 0.432. The van der Waals surface area contributed by atoms with Gasteiger partial charge in [0.05, 0.1) is 0 Å². The zero-order valence-corrected chi connectivity index (χ0v) is 12.2. The fourth-order valence-corrected chi connectivity index (χ4v) is 1.99. The molecule has 96 valence electrons. The van der Waals surface area contributed by atoms with Crippen molar-refractivity contribution in [2.75, 3.05) is 0 Å². The Balaban J connectivity index is 3.43. The van der Waals surface area contributed by atoms with Gasteiger partial charge in [0.2, 0.25) is 0 Å². The average Bonchev–Trinajstić information content (AvgIpc) is 2.16. The molecule has 16 heavy (non-hydrogen) atoms. The Hall–Kier alpha value is -0.260. The molecule has 0 heterocycles. The molecule has 0 aromatic rings. The first kappa shape index (κ1) is 15.7. The monoisotopic (exact) mass is 224 g/mol. The summed E-state index contributed by atoms with van der Waals surface area (Å²) in [7, 11) is 0. The van der Waals surface area contributed by atoms with Gasteiger partial charge in [-0.05, 0) is 30.6 Å². The smallest absolute Gasteiger partial charge is 0.0263 e. The normalized spacial score (nSPS) is 13.4. The molecule has 0 bridgehead atoms. The van der Waals surface area contributed by atoms with Crippen molar-refractivity contribution in [1.82, 2.24) is 0 Å². The highest BCUT2D eigenvalue weighted by molar-refractivity contribution is 4.96. The second kappa shape index (κ2) is 8.84. The second-order valence-corrected chi connectivity index (χ2v) is 6.14. The van der Waals surface area contributed by atoms with E-state index in [1.54, 1.807) is 0 Å². The van der Waals surface area contributed by atoms with E-state index in [0.717, 1.165) is 11.8 Å². The summed E-state index contributed by atoms with van der Waals surface area (Å²) in [4.78, 5) is 0. The number of hydrogen-bond donors (Lipinski definition) is 0. The van der Waals surface area contributed by atoms with Crippen molar-refractivity contribution in [3.8, 4) is 0 Å². The molecule has 1 unspecified atom stereocenters. The Labute approximate surface area is 104 Å². The maximum absolute atomic E-state index is 4.14. The van der Waals surface area contributed by atoms with Crippen LogP contribution in [0.4, 0.5) is 0 Å². The largest absolute Gasteiger partial charge is 0.0996 e. The SMILES string of the molecule is C=C(CCCC(C)CCCC(C)C)C(C)C. The summed E-state index contributed by atoms with van der Waals surface area (Å²) < 4.78 is 0. The first-order valence-corrected chi connectivity index (χ1v) is 7.11. The van der Waals surface area contributed by atoms with E-state index in [2.05, 4.69) is 41.2 Å². The summed E-state index contributed by atoms with van der Waals surface area (Å²) in [6, 6.07) is 0. The summed E-state index contributed by atoms with van der Waals surface area (Å²) in [5.41, 5.74) is 1.43. The molecule has 0 spiro atoms. The average molecular weight is 224 g/mol. The molecular weight excluding hydrogens is 192 g/mol. The van der Waals surface area contributed by atoms with Crippen LogP contribution in [0.25, 0.3) is 0 Å². The fraction of sp³-hybridized carbons (Fsp3) is 0.875. The minimum Gasteiger partial charge on any atom is -0.0996 e. The molecule has 0 aliphatic heterocycles. The molecule has 0 aromatic carbocycles. The minimum absolute atomic E-state index is 0.663. The Morgan fingerprint density at radius 1 is 0.875 bits per heavy atom. The van der Waals surface area contributed by atoms with E-state index in [1.807, 2.05) is 0 Å². The summed E-state index contributed by atoms with van der Waals surface area (Å²) in [6.07, 6.45) is 8.15. The fourth-order valence-electron chi connectivity index (χ4n) is 1.99. The van der Waals surface area contributed by atoms with Crippen molar-refractivity contribution in [2.24, 2.45) is 17.8 Å². The van der Waals surface area contributed by atoms with E-state index in [0.29, 0.717) is 5.92 Å². The number of hydrogen-bond acceptors (Lipinski definition) is 0. The van der Waals surface area contributed by atoms with Gasteiger partial charge in [-0.15, -0.1) is 0 Å². The highest BCUT2D eigenvalue weighted by Gasteiger charge is 2.05. The van der Waals surface area contributed by atoms with Crippen LogP contribution in [0.15, 0.2) is 12.2 Å². The maximum atomic E-state index is 4.14. The summed E-state index contributed by atoms with van der Waals surface area (Å²) >= 11 is 0. The van der Waals surface area contributed by atoms with E-state index >= 15 is 0 Å². The van der Waals surface area contributed by atoms with Crippen LogP contribution in [0, 0.1) is 17.8 Å². The van der Waals surface area contributed by atoms with Gasteiger partial charge in [0.25, 0.3) is 0 Å². The van der Waals surface area contributed by atoms with Crippen LogP contribution in [-0.2, 0) is 0 Å². The van der Waals surface area contributed by atoms with Crippen molar-refractivity contribution in [3.63, 3.8) is 0 Å². The molecule has 0 aliphatic rings. The first-order chi connectivity index (χ1) is 7.43. The van der Waals surface area contributed by atoms with Crippen molar-refractivity contribution >= 4 is 0 Å². The molecule has 0 aromatic heterocycles. The Morgan fingerprint density at radius 3 is 1.94 bits per heavy atom. The molecule has 0 rings (SSSR count). The topological polar surface area (TPSA) is 0 Å². The van der Waals surface area contributed by atoms with Crippen LogP contribution in [0.1, 0.15) is 73.1 Å². The molecule has 0 amide bonds. The highest BCUT2D eigenvalue weighted by Crippen LogP contribution is 2.20. The lowest BCUT2D eigenvalue weighted by Gasteiger charge is -2.14. The summed E-state index contributed by atoms with van der Waals surface area (Å²) in [5.74, 6) is 2.43. The molecule has 0 saturated heterocycles. The standard InChI is InChI=1S/C16H32/c1-13(2)9-7-10-15(5)11-8-12-16(6)14(3)4/h13-15H,6-12H2,1-5H3. The third-order valence-corrected chi connectivity index (χ3v) is 3.49. The zero-order chi connectivity index (χ0) is 12.6. The molecule has 0 saturated carbocycles. The molecule has 0 aliphatic carbocycles. The summed E-state index contributed by atoms with van der Waals surface area (Å²) in [5, 5.41) is 0. The number of rotatable bonds is 9. The molecule has 0 nitrogen and oxygen atoms in total. The van der Waals surface area contributed by atoms with E-state index in [-0.39, 0.29) is 0 Å². The minimum atomic E-state index is 0.663. The Kier molecular flexibility index (Phi) is 8.70. The first-order valence-electron chi connectivity index (χ1n) is 7.11. The van der Waals surface area contributed by atoms with E-state index < -0.39 is 0 Å². The summed E-state index contributed by atoms with van der Waals surface area (Å²) in [6.45, 7) is 15.7. The van der Waals surface area contributed by atoms with Crippen LogP contribution >= 0.6 is 0 Å². The Morgan fingerprint density at radius 2 is 1.44 bits per heavy atom. The lowest BCUT2D eigenvalue weighted by Crippen LogP contribution is -1.98. The van der Waals surface area contributed by atoms with Gasteiger partial charge in [0.1, 0.15) is 0 Å². The molecule has 0 heteroatoms. The maximum Gasteiger partial charge on any atom is -0.0263 e. The van der Waals surface area contributed by atoms with Gasteiger partial charge >= 0.3 is 0 Å². The predicted molar refractivity (Wildman–Crippen MR) is 75.7 cm³/mol. The van der Waals surface area contributed by atoms with E-state index in [1.165, 1.54) is 44.1 Å². The molecule has 0 N–H and O–H groups in total. The molecular formula is C16H32. The van der Waals surface area contributed by atoms with Gasteiger partial charge in [-0.2, -0.15) is 0 Å². The van der Waals surface area contributed by atoms with Crippen LogP contribution in [0.2, 0.25) is 0 Å². The van der Waals surface area contributed by atoms with Gasteiger partial charge in [0.15, 0.2) is 0 Å². The highest BCUT2D eigenvalue weighted by atomic mass is 14.1. The molecule has 0 radical (unpaired) electrons. The van der Waals surface area contributed by atoms with Gasteiger partial charge in [0, 0.05) is 0 Å². The lowest BCUT2D eigenvalue weighted by atomic mass is 9.93. The third kappa shape index (κ3) is 9.00. The zero-order valence-electron chi connectivity index (χ0n) is 12.2. The van der Waals surface area contributed by atoms with Crippen molar-refractivity contribution in [2.45, 2.75) is 73.1 Å². The van der Waals surface area contributed by atoms with Gasteiger partial charge in [-0.1, -0.05) is 72.5 Å². The van der Waals surface area contributed by atoms with E-state index in [4.69, 9.17) is 0 Å². The van der Waals surface area contributed by atoms with Crippen LogP contribution in [0.5, 0.6) is 0 Å². The van der Waals surface area contributed by atoms with Gasteiger partial charge in [-0.25, -0.2) is 0 Å².